The molecule has 2 heterocycles. The van der Waals surface area contributed by atoms with Gasteiger partial charge in [0.1, 0.15) is 11.6 Å². The van der Waals surface area contributed by atoms with Crippen molar-refractivity contribution in [3.05, 3.63) is 77.3 Å². The number of rotatable bonds is 8. The summed E-state index contributed by atoms with van der Waals surface area (Å²) in [6.07, 6.45) is 7.38. The molecule has 0 unspecified atom stereocenters. The van der Waals surface area contributed by atoms with E-state index in [0.717, 1.165) is 42.4 Å². The van der Waals surface area contributed by atoms with Crippen molar-refractivity contribution >= 4 is 23.3 Å². The van der Waals surface area contributed by atoms with Crippen molar-refractivity contribution in [3.63, 3.8) is 0 Å². The number of benzene rings is 2. The maximum atomic E-state index is 13.9. The molecule has 10 heteroatoms. The Morgan fingerprint density at radius 3 is 2.62 bits per heavy atom. The molecule has 5 rings (SSSR count). The molecule has 1 N–H and O–H groups in total. The first-order valence-corrected chi connectivity index (χ1v) is 13.3. The number of ether oxygens (including phenoxy) is 1. The van der Waals surface area contributed by atoms with Gasteiger partial charge in [-0.15, -0.1) is 0 Å². The highest BCUT2D eigenvalue weighted by Crippen LogP contribution is 2.31. The number of methoxy groups -OCH3 is 1. The van der Waals surface area contributed by atoms with E-state index in [1.807, 2.05) is 30.0 Å². The average molecular weight is 549 g/mol. The van der Waals surface area contributed by atoms with Crippen molar-refractivity contribution in [3.8, 4) is 28.5 Å². The SMILES string of the molecule is COc1ccc(-c2nc(-c3ccncc3)nn2CCN(C(=O)Nc2cc(F)ccc2C)C2CCCC2)cc1Cl. The van der Waals surface area contributed by atoms with Gasteiger partial charge in [0.2, 0.25) is 0 Å². The molecule has 39 heavy (non-hydrogen) atoms. The monoisotopic (exact) mass is 548 g/mol. The Hall–Kier alpha value is -3.98. The van der Waals surface area contributed by atoms with Crippen LogP contribution in [0, 0.1) is 12.7 Å². The smallest absolute Gasteiger partial charge is 0.322 e. The van der Waals surface area contributed by atoms with E-state index >= 15 is 0 Å². The molecule has 0 atom stereocenters. The number of aryl methyl sites for hydroxylation is 1. The fourth-order valence-electron chi connectivity index (χ4n) is 4.92. The summed E-state index contributed by atoms with van der Waals surface area (Å²) in [5.41, 5.74) is 2.88. The molecule has 0 saturated heterocycles. The normalized spacial score (nSPS) is 13.4. The number of carbonyl (C=O) groups excluding carboxylic acids is 1. The molecule has 2 aromatic heterocycles. The molecule has 8 nitrogen and oxygen atoms in total. The zero-order chi connectivity index (χ0) is 27.4. The molecule has 1 fully saturated rings. The summed E-state index contributed by atoms with van der Waals surface area (Å²) in [7, 11) is 1.57. The summed E-state index contributed by atoms with van der Waals surface area (Å²) in [5.74, 6) is 1.35. The third-order valence-electron chi connectivity index (χ3n) is 7.04. The van der Waals surface area contributed by atoms with Crippen LogP contribution in [0.15, 0.2) is 60.9 Å². The van der Waals surface area contributed by atoms with Crippen LogP contribution in [0.3, 0.4) is 0 Å². The number of hydrogen-bond donors (Lipinski definition) is 1. The van der Waals surface area contributed by atoms with Gasteiger partial charge in [0, 0.05) is 41.8 Å². The second kappa shape index (κ2) is 11.8. The lowest BCUT2D eigenvalue weighted by atomic mass is 10.2. The van der Waals surface area contributed by atoms with E-state index in [2.05, 4.69) is 10.3 Å². The summed E-state index contributed by atoms with van der Waals surface area (Å²) in [6, 6.07) is 13.4. The average Bonchev–Trinajstić information content (AvgIpc) is 3.62. The summed E-state index contributed by atoms with van der Waals surface area (Å²) in [6.45, 7) is 2.65. The lowest BCUT2D eigenvalue weighted by molar-refractivity contribution is 0.184. The number of nitrogens with zero attached hydrogens (tertiary/aromatic N) is 5. The first kappa shape index (κ1) is 26.6. The molecule has 0 radical (unpaired) electrons. The molecule has 1 aliphatic carbocycles. The fourth-order valence-corrected chi connectivity index (χ4v) is 5.18. The van der Waals surface area contributed by atoms with Gasteiger partial charge in [-0.1, -0.05) is 30.5 Å². The maximum Gasteiger partial charge on any atom is 0.322 e. The standard InChI is InChI=1S/C29H30ClFN6O2/c1-19-7-9-22(31)18-25(19)33-29(38)36(23-5-3-4-6-23)15-16-37-28(21-8-10-26(39-2)24(30)17-21)34-27(35-37)20-11-13-32-14-12-20/h7-14,17-18,23H,3-6,15-16H2,1-2H3,(H,33,38). The summed E-state index contributed by atoms with van der Waals surface area (Å²) in [5, 5.41) is 8.18. The predicted octanol–water partition coefficient (Wildman–Crippen LogP) is 6.59. The van der Waals surface area contributed by atoms with Crippen LogP contribution >= 0.6 is 11.6 Å². The third-order valence-corrected chi connectivity index (χ3v) is 7.34. The number of carbonyl (C=O) groups is 1. The molecule has 0 spiro atoms. The molecule has 0 aliphatic heterocycles. The number of hydrogen-bond acceptors (Lipinski definition) is 5. The van der Waals surface area contributed by atoms with Crippen molar-refractivity contribution in [2.75, 3.05) is 19.0 Å². The van der Waals surface area contributed by atoms with Gasteiger partial charge in [0.05, 0.1) is 18.7 Å². The van der Waals surface area contributed by atoms with Gasteiger partial charge < -0.3 is 15.0 Å². The van der Waals surface area contributed by atoms with Crippen LogP contribution in [-0.2, 0) is 6.54 Å². The van der Waals surface area contributed by atoms with Crippen molar-refractivity contribution in [2.45, 2.75) is 45.2 Å². The van der Waals surface area contributed by atoms with Gasteiger partial charge >= 0.3 is 6.03 Å². The van der Waals surface area contributed by atoms with Gasteiger partial charge in [-0.2, -0.15) is 5.10 Å². The molecule has 2 aromatic carbocycles. The summed E-state index contributed by atoms with van der Waals surface area (Å²) < 4.78 is 21.0. The van der Waals surface area contributed by atoms with E-state index in [9.17, 15) is 9.18 Å². The number of pyridine rings is 1. The Labute approximate surface area is 231 Å². The minimum absolute atomic E-state index is 0.0981. The molecule has 2 amide bonds. The minimum atomic E-state index is -0.391. The first-order chi connectivity index (χ1) is 18.9. The largest absolute Gasteiger partial charge is 0.495 e. The zero-order valence-electron chi connectivity index (χ0n) is 21.9. The molecule has 4 aromatic rings. The van der Waals surface area contributed by atoms with Crippen molar-refractivity contribution in [2.24, 2.45) is 0 Å². The highest BCUT2D eigenvalue weighted by Gasteiger charge is 2.28. The fraction of sp³-hybridized carbons (Fsp3) is 0.310. The van der Waals surface area contributed by atoms with Gasteiger partial charge in [0.15, 0.2) is 11.6 Å². The Balaban J connectivity index is 1.45. The van der Waals surface area contributed by atoms with E-state index in [-0.39, 0.29) is 12.1 Å². The van der Waals surface area contributed by atoms with Crippen molar-refractivity contribution < 1.29 is 13.9 Å². The number of amides is 2. The van der Waals surface area contributed by atoms with E-state index in [1.54, 1.807) is 42.4 Å². The van der Waals surface area contributed by atoms with E-state index in [4.69, 9.17) is 26.4 Å². The number of nitrogens with one attached hydrogen (secondary N) is 1. The third kappa shape index (κ3) is 6.04. The Kier molecular flexibility index (Phi) is 8.07. The predicted molar refractivity (Wildman–Crippen MR) is 149 cm³/mol. The van der Waals surface area contributed by atoms with E-state index in [0.29, 0.717) is 41.2 Å². The maximum absolute atomic E-state index is 13.9. The summed E-state index contributed by atoms with van der Waals surface area (Å²) >= 11 is 6.43. The first-order valence-electron chi connectivity index (χ1n) is 13.0. The van der Waals surface area contributed by atoms with Gasteiger partial charge in [-0.05, 0) is 67.8 Å². The van der Waals surface area contributed by atoms with Crippen LogP contribution in [0.4, 0.5) is 14.9 Å². The van der Waals surface area contributed by atoms with Crippen LogP contribution in [0.1, 0.15) is 31.2 Å². The Bertz CT molecular complexity index is 1460. The quantitative estimate of drug-likeness (QED) is 0.268. The van der Waals surface area contributed by atoms with Gasteiger partial charge in [0.25, 0.3) is 0 Å². The minimum Gasteiger partial charge on any atom is -0.495 e. The van der Waals surface area contributed by atoms with E-state index < -0.39 is 5.82 Å². The molecular weight excluding hydrogens is 519 g/mol. The second-order valence-corrected chi connectivity index (χ2v) is 10.00. The summed E-state index contributed by atoms with van der Waals surface area (Å²) in [4.78, 5) is 24.2. The highest BCUT2D eigenvalue weighted by atomic mass is 35.5. The van der Waals surface area contributed by atoms with E-state index in [1.165, 1.54) is 12.1 Å². The second-order valence-electron chi connectivity index (χ2n) is 9.59. The number of anilines is 1. The number of urea groups is 1. The topological polar surface area (TPSA) is 85.2 Å². The van der Waals surface area contributed by atoms with Crippen LogP contribution in [0.25, 0.3) is 22.8 Å². The van der Waals surface area contributed by atoms with Gasteiger partial charge in [-0.3, -0.25) is 4.98 Å². The highest BCUT2D eigenvalue weighted by molar-refractivity contribution is 6.32. The lowest BCUT2D eigenvalue weighted by Crippen LogP contribution is -2.43. The molecular formula is C29H30ClFN6O2. The number of halogens is 2. The Morgan fingerprint density at radius 2 is 1.90 bits per heavy atom. The van der Waals surface area contributed by atoms with Crippen LogP contribution in [-0.4, -0.2) is 50.4 Å². The van der Waals surface area contributed by atoms with Gasteiger partial charge in [-0.25, -0.2) is 18.9 Å². The molecule has 202 valence electrons. The lowest BCUT2D eigenvalue weighted by Gasteiger charge is -2.29. The van der Waals surface area contributed by atoms with Crippen LogP contribution in [0.2, 0.25) is 5.02 Å². The molecule has 0 bridgehead atoms. The molecule has 1 saturated carbocycles. The Morgan fingerprint density at radius 1 is 1.13 bits per heavy atom. The van der Waals surface area contributed by atoms with Crippen molar-refractivity contribution in [1.29, 1.82) is 0 Å². The van der Waals surface area contributed by atoms with Crippen LogP contribution < -0.4 is 10.1 Å². The van der Waals surface area contributed by atoms with Crippen molar-refractivity contribution in [1.82, 2.24) is 24.6 Å². The molecule has 1 aliphatic rings. The zero-order valence-corrected chi connectivity index (χ0v) is 22.7. The van der Waals surface area contributed by atoms with Crippen LogP contribution in [0.5, 0.6) is 5.75 Å². The number of aromatic nitrogens is 4.